The summed E-state index contributed by atoms with van der Waals surface area (Å²) in [5.74, 6) is 0.605. The Kier molecular flexibility index (Phi) is 3.63. The molecule has 23 heavy (non-hydrogen) atoms. The Morgan fingerprint density at radius 1 is 1.09 bits per heavy atom. The number of aromatic nitrogens is 2. The molecule has 2 atom stereocenters. The molecule has 2 aliphatic rings. The van der Waals surface area contributed by atoms with Crippen molar-refractivity contribution in [2.24, 2.45) is 5.92 Å². The van der Waals surface area contributed by atoms with Gasteiger partial charge in [0, 0.05) is 18.0 Å². The number of nitrogens with two attached hydrogens (primary N) is 1. The first kappa shape index (κ1) is 14.4. The quantitative estimate of drug-likeness (QED) is 0.879. The number of likely N-dealkylation sites (tertiary alicyclic amines) is 1. The molecule has 1 aliphatic heterocycles. The van der Waals surface area contributed by atoms with E-state index in [1.165, 1.54) is 25.7 Å². The highest BCUT2D eigenvalue weighted by Crippen LogP contribution is 2.36. The summed E-state index contributed by atoms with van der Waals surface area (Å²) in [6, 6.07) is 7.93. The lowest BCUT2D eigenvalue weighted by molar-refractivity contribution is 0.0385. The molecule has 1 saturated heterocycles. The Bertz CT molecular complexity index is 743. The average Bonchev–Trinajstić information content (AvgIpc) is 2.61. The molecule has 2 aromatic rings. The minimum Gasteiger partial charge on any atom is -0.396 e. The van der Waals surface area contributed by atoms with E-state index in [2.05, 4.69) is 10.2 Å². The first-order valence-corrected chi connectivity index (χ1v) is 8.57. The van der Waals surface area contributed by atoms with Crippen LogP contribution >= 0.6 is 0 Å². The first-order chi connectivity index (χ1) is 11.3. The summed E-state index contributed by atoms with van der Waals surface area (Å²) in [6.45, 7) is 0.813. The van der Waals surface area contributed by atoms with Gasteiger partial charge < -0.3 is 10.6 Å². The van der Waals surface area contributed by atoms with Crippen LogP contribution in [-0.4, -0.2) is 33.6 Å². The molecule has 2 fully saturated rings. The highest BCUT2D eigenvalue weighted by Gasteiger charge is 2.37. The number of rotatable bonds is 1. The lowest BCUT2D eigenvalue weighted by Crippen LogP contribution is -2.50. The van der Waals surface area contributed by atoms with Crippen molar-refractivity contribution in [2.75, 3.05) is 12.3 Å². The molecular weight excluding hydrogens is 288 g/mol. The van der Waals surface area contributed by atoms with Crippen LogP contribution < -0.4 is 5.73 Å². The molecule has 1 aliphatic carbocycles. The summed E-state index contributed by atoms with van der Waals surface area (Å²) in [5, 5.41) is 9.15. The van der Waals surface area contributed by atoms with E-state index in [9.17, 15) is 4.79 Å². The Hall–Kier alpha value is -2.17. The molecule has 1 saturated carbocycles. The van der Waals surface area contributed by atoms with E-state index in [1.54, 1.807) is 0 Å². The number of benzene rings is 1. The van der Waals surface area contributed by atoms with E-state index in [-0.39, 0.29) is 5.91 Å². The normalized spacial score (nSPS) is 24.4. The third kappa shape index (κ3) is 2.44. The fourth-order valence-corrected chi connectivity index (χ4v) is 4.24. The summed E-state index contributed by atoms with van der Waals surface area (Å²) in [6.07, 6.45) is 7.18. The standard InChI is InChI=1S/C18H22N4O/c19-16-13-8-2-3-9-14(13)20-21-17(16)18(23)22-11-5-7-12-6-1-4-10-15(12)22/h2-3,8-9,12,15H,1,4-7,10-11H2,(H2,19,20)/t12-,15+/m1/s1. The van der Waals surface area contributed by atoms with Crippen LogP contribution in [0.15, 0.2) is 24.3 Å². The number of amides is 1. The fraction of sp³-hybridized carbons (Fsp3) is 0.500. The van der Waals surface area contributed by atoms with Crippen LogP contribution in [0.5, 0.6) is 0 Å². The monoisotopic (exact) mass is 310 g/mol. The van der Waals surface area contributed by atoms with E-state index in [1.807, 2.05) is 29.2 Å². The SMILES string of the molecule is Nc1c(C(=O)N2CCC[C@H]3CCCC[C@@H]32)nnc2ccccc12. The summed E-state index contributed by atoms with van der Waals surface area (Å²) >= 11 is 0. The van der Waals surface area contributed by atoms with Gasteiger partial charge in [-0.05, 0) is 37.7 Å². The van der Waals surface area contributed by atoms with Crippen LogP contribution in [0.2, 0.25) is 0 Å². The maximum absolute atomic E-state index is 13.1. The first-order valence-electron chi connectivity index (χ1n) is 8.57. The van der Waals surface area contributed by atoms with Gasteiger partial charge in [-0.3, -0.25) is 4.79 Å². The number of anilines is 1. The predicted molar refractivity (Wildman–Crippen MR) is 90.0 cm³/mol. The van der Waals surface area contributed by atoms with Crippen LogP contribution in [0.3, 0.4) is 0 Å². The van der Waals surface area contributed by atoms with Gasteiger partial charge in [0.15, 0.2) is 5.69 Å². The van der Waals surface area contributed by atoms with Crippen LogP contribution in [-0.2, 0) is 0 Å². The number of carbonyl (C=O) groups is 1. The van der Waals surface area contributed by atoms with Crippen molar-refractivity contribution in [3.05, 3.63) is 30.0 Å². The van der Waals surface area contributed by atoms with Crippen molar-refractivity contribution < 1.29 is 4.79 Å². The van der Waals surface area contributed by atoms with Gasteiger partial charge in [0.1, 0.15) is 0 Å². The minimum atomic E-state index is -0.0441. The van der Waals surface area contributed by atoms with E-state index < -0.39 is 0 Å². The summed E-state index contributed by atoms with van der Waals surface area (Å²) in [4.78, 5) is 15.1. The van der Waals surface area contributed by atoms with Gasteiger partial charge in [0.25, 0.3) is 5.91 Å². The van der Waals surface area contributed by atoms with Crippen molar-refractivity contribution in [3.63, 3.8) is 0 Å². The Labute approximate surface area is 135 Å². The van der Waals surface area contributed by atoms with Gasteiger partial charge in [0.05, 0.1) is 11.2 Å². The second-order valence-corrected chi connectivity index (χ2v) is 6.73. The van der Waals surface area contributed by atoms with E-state index >= 15 is 0 Å². The molecule has 2 N–H and O–H groups in total. The molecule has 5 nitrogen and oxygen atoms in total. The molecule has 4 rings (SSSR count). The van der Waals surface area contributed by atoms with Crippen LogP contribution in [0.1, 0.15) is 49.0 Å². The number of hydrogen-bond acceptors (Lipinski definition) is 4. The van der Waals surface area contributed by atoms with Crippen LogP contribution in [0.4, 0.5) is 5.69 Å². The van der Waals surface area contributed by atoms with Crippen molar-refractivity contribution >= 4 is 22.5 Å². The molecule has 120 valence electrons. The number of fused-ring (bicyclic) bond motifs is 2. The van der Waals surface area contributed by atoms with Gasteiger partial charge in [-0.25, -0.2) is 0 Å². The van der Waals surface area contributed by atoms with Gasteiger partial charge in [-0.15, -0.1) is 10.2 Å². The summed E-state index contributed by atoms with van der Waals surface area (Å²) < 4.78 is 0. The van der Waals surface area contributed by atoms with E-state index in [4.69, 9.17) is 5.73 Å². The highest BCUT2D eigenvalue weighted by atomic mass is 16.2. The molecule has 1 amide bonds. The topological polar surface area (TPSA) is 72.1 Å². The molecule has 0 bridgehead atoms. The molecule has 0 spiro atoms. The number of hydrogen-bond donors (Lipinski definition) is 1. The lowest BCUT2D eigenvalue weighted by Gasteiger charge is -2.44. The lowest BCUT2D eigenvalue weighted by atomic mass is 9.78. The number of nitrogen functional groups attached to an aromatic ring is 1. The zero-order chi connectivity index (χ0) is 15.8. The van der Waals surface area contributed by atoms with Gasteiger partial charge in [0.2, 0.25) is 0 Å². The van der Waals surface area contributed by atoms with Gasteiger partial charge in [-0.2, -0.15) is 0 Å². The molecule has 1 aromatic carbocycles. The minimum absolute atomic E-state index is 0.0441. The largest absolute Gasteiger partial charge is 0.396 e. The molecule has 5 heteroatoms. The van der Waals surface area contributed by atoms with Gasteiger partial charge in [-0.1, -0.05) is 31.0 Å². The number of nitrogens with zero attached hydrogens (tertiary/aromatic N) is 3. The van der Waals surface area contributed by atoms with Crippen molar-refractivity contribution in [1.29, 1.82) is 0 Å². The van der Waals surface area contributed by atoms with E-state index in [0.29, 0.717) is 23.3 Å². The Morgan fingerprint density at radius 2 is 1.87 bits per heavy atom. The molecular formula is C18H22N4O. The Morgan fingerprint density at radius 3 is 2.78 bits per heavy atom. The van der Waals surface area contributed by atoms with E-state index in [0.717, 1.165) is 30.3 Å². The molecule has 1 aromatic heterocycles. The second-order valence-electron chi connectivity index (χ2n) is 6.73. The smallest absolute Gasteiger partial charge is 0.276 e. The molecule has 2 heterocycles. The van der Waals surface area contributed by atoms with Gasteiger partial charge >= 0.3 is 0 Å². The third-order valence-electron chi connectivity index (χ3n) is 5.41. The maximum atomic E-state index is 13.1. The second kappa shape index (κ2) is 5.80. The molecule has 0 radical (unpaired) electrons. The third-order valence-corrected chi connectivity index (χ3v) is 5.41. The molecule has 0 unspecified atom stereocenters. The summed E-state index contributed by atoms with van der Waals surface area (Å²) in [7, 11) is 0. The fourth-order valence-electron chi connectivity index (χ4n) is 4.24. The van der Waals surface area contributed by atoms with Crippen molar-refractivity contribution in [3.8, 4) is 0 Å². The highest BCUT2D eigenvalue weighted by molar-refractivity contribution is 6.04. The zero-order valence-electron chi connectivity index (χ0n) is 13.2. The van der Waals surface area contributed by atoms with Crippen LogP contribution in [0, 0.1) is 5.92 Å². The summed E-state index contributed by atoms with van der Waals surface area (Å²) in [5.41, 5.74) is 7.75. The number of carbonyl (C=O) groups excluding carboxylic acids is 1. The average molecular weight is 310 g/mol. The van der Waals surface area contributed by atoms with Crippen molar-refractivity contribution in [1.82, 2.24) is 15.1 Å². The van der Waals surface area contributed by atoms with Crippen molar-refractivity contribution in [2.45, 2.75) is 44.6 Å². The number of piperidine rings is 1. The predicted octanol–water partition coefficient (Wildman–Crippen LogP) is 3.01. The Balaban J connectivity index is 1.69. The zero-order valence-corrected chi connectivity index (χ0v) is 13.2. The van der Waals surface area contributed by atoms with Crippen LogP contribution in [0.25, 0.3) is 10.9 Å². The maximum Gasteiger partial charge on any atom is 0.276 e.